The van der Waals surface area contributed by atoms with E-state index in [1.165, 1.54) is 10.4 Å². The molecule has 0 bridgehead atoms. The van der Waals surface area contributed by atoms with Gasteiger partial charge in [0.25, 0.3) is 0 Å². The zero-order valence-electron chi connectivity index (χ0n) is 12.8. The van der Waals surface area contributed by atoms with Gasteiger partial charge >= 0.3 is 0 Å². The fourth-order valence-corrected chi connectivity index (χ4v) is 4.40. The largest absolute Gasteiger partial charge is 0.322 e. The number of piperidine rings is 1. The molecule has 2 heterocycles. The molecule has 0 aliphatic carbocycles. The average Bonchev–Trinajstić information content (AvgIpc) is 2.54. The molecule has 2 aromatic rings. The molecule has 23 heavy (non-hydrogen) atoms. The molecule has 1 aromatic carbocycles. The Hall–Kier alpha value is -1.41. The van der Waals surface area contributed by atoms with Crippen molar-refractivity contribution in [1.29, 1.82) is 0 Å². The second-order valence-corrected chi connectivity index (χ2v) is 7.50. The van der Waals surface area contributed by atoms with Gasteiger partial charge in [0.2, 0.25) is 15.6 Å². The third-order valence-corrected chi connectivity index (χ3v) is 5.99. The molecule has 0 amide bonds. The van der Waals surface area contributed by atoms with Gasteiger partial charge in [0.05, 0.1) is 4.90 Å². The number of likely N-dealkylation sites (N-methyl/N-ethyl adjacent to an activating group) is 1. The number of hydrogen-bond acceptors (Lipinski definition) is 4. The van der Waals surface area contributed by atoms with Crippen molar-refractivity contribution in [3.8, 4) is 0 Å². The summed E-state index contributed by atoms with van der Waals surface area (Å²) in [6.07, 6.45) is 1.84. The second-order valence-electron chi connectivity index (χ2n) is 5.56. The van der Waals surface area contributed by atoms with Crippen molar-refractivity contribution in [1.82, 2.24) is 14.6 Å². The highest BCUT2D eigenvalue weighted by molar-refractivity contribution is 7.89. The van der Waals surface area contributed by atoms with Crippen molar-refractivity contribution in [3.05, 3.63) is 40.7 Å². The van der Waals surface area contributed by atoms with Crippen LogP contribution in [0.2, 0.25) is 0 Å². The number of hydrogen-bond donors (Lipinski definition) is 2. The molecule has 1 aliphatic heterocycles. The van der Waals surface area contributed by atoms with Crippen LogP contribution >= 0.6 is 12.4 Å². The van der Waals surface area contributed by atoms with Gasteiger partial charge in [-0.25, -0.2) is 8.42 Å². The molecule has 1 aromatic heterocycles. The summed E-state index contributed by atoms with van der Waals surface area (Å²) in [5.74, 6) is 0. The molecule has 1 unspecified atom stereocenters. The molecule has 1 aliphatic rings. The first kappa shape index (κ1) is 17.9. The average molecular weight is 358 g/mol. The van der Waals surface area contributed by atoms with Gasteiger partial charge in [0, 0.05) is 30.7 Å². The number of H-pyrrole nitrogens is 1. The van der Waals surface area contributed by atoms with Crippen LogP contribution in [0.1, 0.15) is 12.8 Å². The van der Waals surface area contributed by atoms with E-state index in [4.69, 9.17) is 0 Å². The maximum absolute atomic E-state index is 12.8. The van der Waals surface area contributed by atoms with Gasteiger partial charge in [-0.2, -0.15) is 4.31 Å². The van der Waals surface area contributed by atoms with E-state index in [2.05, 4.69) is 10.3 Å². The van der Waals surface area contributed by atoms with Gasteiger partial charge in [-0.3, -0.25) is 4.79 Å². The fraction of sp³-hybridized carbons (Fsp3) is 0.400. The monoisotopic (exact) mass is 357 g/mol. The molecule has 2 N–H and O–H groups in total. The summed E-state index contributed by atoms with van der Waals surface area (Å²) in [5.41, 5.74) is 0.439. The van der Waals surface area contributed by atoms with Crippen LogP contribution in [0.25, 0.3) is 10.9 Å². The molecular formula is C15H20ClN3O3S. The summed E-state index contributed by atoms with van der Waals surface area (Å²) in [6, 6.07) is 8.04. The number of pyridine rings is 1. The Labute approximate surface area is 141 Å². The van der Waals surface area contributed by atoms with E-state index in [1.807, 2.05) is 7.05 Å². The fourth-order valence-electron chi connectivity index (χ4n) is 2.84. The van der Waals surface area contributed by atoms with Crippen molar-refractivity contribution in [2.75, 3.05) is 20.1 Å². The van der Waals surface area contributed by atoms with E-state index in [9.17, 15) is 13.2 Å². The predicted octanol–water partition coefficient (Wildman–Crippen LogP) is 1.32. The molecular weight excluding hydrogens is 338 g/mol. The minimum atomic E-state index is -3.51. The van der Waals surface area contributed by atoms with E-state index in [1.54, 1.807) is 24.3 Å². The van der Waals surface area contributed by atoms with Gasteiger partial charge in [-0.15, -0.1) is 12.4 Å². The Bertz CT molecular complexity index is 850. The number of benzene rings is 1. The first-order chi connectivity index (χ1) is 10.5. The summed E-state index contributed by atoms with van der Waals surface area (Å²) in [5, 5.41) is 3.86. The molecule has 8 heteroatoms. The maximum Gasteiger partial charge on any atom is 0.248 e. The summed E-state index contributed by atoms with van der Waals surface area (Å²) in [6.45, 7) is 1.03. The Kier molecular flexibility index (Phi) is 5.46. The molecule has 0 saturated carbocycles. The number of aromatic nitrogens is 1. The van der Waals surface area contributed by atoms with Crippen molar-refractivity contribution in [2.45, 2.75) is 23.8 Å². The van der Waals surface area contributed by atoms with Crippen molar-refractivity contribution in [2.24, 2.45) is 0 Å². The van der Waals surface area contributed by atoms with Crippen LogP contribution in [0.3, 0.4) is 0 Å². The van der Waals surface area contributed by atoms with Gasteiger partial charge in [-0.05, 0) is 49.5 Å². The lowest BCUT2D eigenvalue weighted by Crippen LogP contribution is -2.46. The van der Waals surface area contributed by atoms with E-state index in [-0.39, 0.29) is 28.9 Å². The summed E-state index contributed by atoms with van der Waals surface area (Å²) < 4.78 is 27.1. The number of nitrogens with zero attached hydrogens (tertiary/aromatic N) is 1. The normalized spacial score (nSPS) is 19.4. The highest BCUT2D eigenvalue weighted by Crippen LogP contribution is 2.23. The SMILES string of the molecule is CNC1CCCN(S(=O)(=O)c2ccc3[nH]c(=O)ccc3c2)C1.Cl. The van der Waals surface area contributed by atoms with Crippen molar-refractivity contribution >= 4 is 33.3 Å². The third-order valence-electron chi connectivity index (χ3n) is 4.13. The number of sulfonamides is 1. The van der Waals surface area contributed by atoms with Gasteiger partial charge in [0.15, 0.2) is 0 Å². The summed E-state index contributed by atoms with van der Waals surface area (Å²) in [4.78, 5) is 14.3. The highest BCUT2D eigenvalue weighted by atomic mass is 35.5. The first-order valence-corrected chi connectivity index (χ1v) is 8.75. The molecule has 6 nitrogen and oxygen atoms in total. The Balaban J connectivity index is 0.00000192. The van der Waals surface area contributed by atoms with Crippen LogP contribution in [-0.2, 0) is 10.0 Å². The van der Waals surface area contributed by atoms with Crippen LogP contribution in [0.5, 0.6) is 0 Å². The molecule has 1 fully saturated rings. The molecule has 0 radical (unpaired) electrons. The summed E-state index contributed by atoms with van der Waals surface area (Å²) >= 11 is 0. The zero-order valence-corrected chi connectivity index (χ0v) is 14.4. The molecule has 1 saturated heterocycles. The van der Waals surface area contributed by atoms with Crippen molar-refractivity contribution < 1.29 is 8.42 Å². The number of aromatic amines is 1. The lowest BCUT2D eigenvalue weighted by atomic mass is 10.1. The topological polar surface area (TPSA) is 82.3 Å². The molecule has 3 rings (SSSR count). The van der Waals surface area contributed by atoms with Gasteiger partial charge in [-0.1, -0.05) is 0 Å². The molecule has 1 atom stereocenters. The Morgan fingerprint density at radius 1 is 1.26 bits per heavy atom. The number of fused-ring (bicyclic) bond motifs is 1. The van der Waals surface area contributed by atoms with Gasteiger partial charge < -0.3 is 10.3 Å². The van der Waals surface area contributed by atoms with Crippen LogP contribution < -0.4 is 10.9 Å². The van der Waals surface area contributed by atoms with Crippen LogP contribution in [0.4, 0.5) is 0 Å². The molecule has 0 spiro atoms. The Morgan fingerprint density at radius 3 is 2.78 bits per heavy atom. The van der Waals surface area contributed by atoms with E-state index >= 15 is 0 Å². The Morgan fingerprint density at radius 2 is 2.04 bits per heavy atom. The third kappa shape index (κ3) is 3.58. The van der Waals surface area contributed by atoms with E-state index in [0.717, 1.165) is 12.8 Å². The number of nitrogens with one attached hydrogen (secondary N) is 2. The highest BCUT2D eigenvalue weighted by Gasteiger charge is 2.29. The lowest BCUT2D eigenvalue weighted by molar-refractivity contribution is 0.293. The van der Waals surface area contributed by atoms with Crippen LogP contribution in [0, 0.1) is 0 Å². The summed E-state index contributed by atoms with van der Waals surface area (Å²) in [7, 11) is -1.65. The first-order valence-electron chi connectivity index (χ1n) is 7.31. The lowest BCUT2D eigenvalue weighted by Gasteiger charge is -2.31. The maximum atomic E-state index is 12.8. The minimum absolute atomic E-state index is 0. The quantitative estimate of drug-likeness (QED) is 0.868. The number of halogens is 1. The van der Waals surface area contributed by atoms with Crippen LogP contribution in [-0.4, -0.2) is 43.9 Å². The predicted molar refractivity (Wildman–Crippen MR) is 92.7 cm³/mol. The smallest absolute Gasteiger partial charge is 0.248 e. The van der Waals surface area contributed by atoms with Crippen molar-refractivity contribution in [3.63, 3.8) is 0 Å². The van der Waals surface area contributed by atoms with E-state index < -0.39 is 10.0 Å². The van der Waals surface area contributed by atoms with E-state index in [0.29, 0.717) is 24.0 Å². The van der Waals surface area contributed by atoms with Gasteiger partial charge in [0.1, 0.15) is 0 Å². The molecule has 126 valence electrons. The number of rotatable bonds is 3. The van der Waals surface area contributed by atoms with Crippen LogP contribution in [0.15, 0.2) is 40.0 Å². The minimum Gasteiger partial charge on any atom is -0.322 e. The second kappa shape index (κ2) is 7.00. The standard InChI is InChI=1S/C15H19N3O3S.ClH/c1-16-12-3-2-8-18(10-12)22(20,21)13-5-6-14-11(9-13)4-7-15(19)17-14;/h4-7,9,12,16H,2-3,8,10H2,1H3,(H,17,19);1H. The zero-order chi connectivity index (χ0) is 15.7.